The third kappa shape index (κ3) is 3.82. The first-order chi connectivity index (χ1) is 9.06. The number of sulfone groups is 1. The van der Waals surface area contributed by atoms with Gasteiger partial charge < -0.3 is 10.4 Å². The van der Waals surface area contributed by atoms with E-state index in [0.717, 1.165) is 6.26 Å². The predicted octanol–water partition coefficient (Wildman–Crippen LogP) is 0.593. The smallest absolute Gasteiger partial charge is 0.307 e. The van der Waals surface area contributed by atoms with Crippen molar-refractivity contribution >= 4 is 21.7 Å². The van der Waals surface area contributed by atoms with Crippen LogP contribution < -0.4 is 5.32 Å². The van der Waals surface area contributed by atoms with Crippen LogP contribution in [0.15, 0.2) is 12.2 Å². The molecule has 0 fully saturated rings. The van der Waals surface area contributed by atoms with Crippen LogP contribution in [0.4, 0.5) is 0 Å². The average Bonchev–Trinajstić information content (AvgIpc) is 2.34. The van der Waals surface area contributed by atoms with Gasteiger partial charge in [0.2, 0.25) is 5.91 Å². The molecule has 1 amide bonds. The topological polar surface area (TPSA) is 101 Å². The molecule has 6 nitrogen and oxygen atoms in total. The Hall–Kier alpha value is -1.37. The second kappa shape index (κ2) is 5.95. The standard InChI is InChI=1S/C13H21NO5S/c1-13(2,20(3,18)19)8-14-11(15)9-6-4-5-7-10(9)12(16)17/h4-5,9-10H,6-8H2,1-3H3,(H,14,15)(H,16,17)/t9-,10+/m1/s1. The Kier molecular flexibility index (Phi) is 4.96. The molecule has 0 aromatic carbocycles. The lowest BCUT2D eigenvalue weighted by molar-refractivity contribution is -0.147. The predicted molar refractivity (Wildman–Crippen MR) is 74.9 cm³/mol. The molecule has 7 heteroatoms. The molecule has 114 valence electrons. The van der Waals surface area contributed by atoms with Gasteiger partial charge in [-0.15, -0.1) is 0 Å². The number of allylic oxidation sites excluding steroid dienone is 2. The minimum atomic E-state index is -3.30. The van der Waals surface area contributed by atoms with E-state index in [0.29, 0.717) is 12.8 Å². The van der Waals surface area contributed by atoms with E-state index < -0.39 is 38.3 Å². The van der Waals surface area contributed by atoms with Crippen molar-refractivity contribution in [2.45, 2.75) is 31.4 Å². The summed E-state index contributed by atoms with van der Waals surface area (Å²) >= 11 is 0. The molecule has 0 heterocycles. The Morgan fingerprint density at radius 3 is 2.20 bits per heavy atom. The summed E-state index contributed by atoms with van der Waals surface area (Å²) in [6.07, 6.45) is 5.34. The molecule has 1 rings (SSSR count). The molecule has 0 aliphatic heterocycles. The van der Waals surface area contributed by atoms with E-state index in [-0.39, 0.29) is 6.54 Å². The van der Waals surface area contributed by atoms with Gasteiger partial charge in [-0.05, 0) is 26.7 Å². The van der Waals surface area contributed by atoms with Crippen molar-refractivity contribution in [3.63, 3.8) is 0 Å². The maximum absolute atomic E-state index is 12.1. The monoisotopic (exact) mass is 303 g/mol. The molecule has 1 aliphatic rings. The molecular weight excluding hydrogens is 282 g/mol. The fraction of sp³-hybridized carbons (Fsp3) is 0.692. The van der Waals surface area contributed by atoms with Gasteiger partial charge in [0.05, 0.1) is 16.6 Å². The molecule has 0 spiro atoms. The molecule has 2 atom stereocenters. The number of amides is 1. The van der Waals surface area contributed by atoms with Gasteiger partial charge in [-0.3, -0.25) is 9.59 Å². The molecule has 1 aliphatic carbocycles. The van der Waals surface area contributed by atoms with E-state index in [9.17, 15) is 18.0 Å². The summed E-state index contributed by atoms with van der Waals surface area (Å²) in [5, 5.41) is 11.7. The molecule has 0 saturated carbocycles. The van der Waals surface area contributed by atoms with Gasteiger partial charge in [0, 0.05) is 12.8 Å². The first-order valence-corrected chi connectivity index (χ1v) is 8.30. The molecule has 0 unspecified atom stereocenters. The average molecular weight is 303 g/mol. The van der Waals surface area contributed by atoms with E-state index in [1.165, 1.54) is 13.8 Å². The first-order valence-electron chi connectivity index (χ1n) is 6.41. The van der Waals surface area contributed by atoms with E-state index in [1.54, 1.807) is 12.2 Å². The fourth-order valence-electron chi connectivity index (χ4n) is 1.94. The molecule has 0 saturated heterocycles. The summed E-state index contributed by atoms with van der Waals surface area (Å²) in [7, 11) is -3.30. The highest BCUT2D eigenvalue weighted by atomic mass is 32.2. The SMILES string of the molecule is CC(C)(CNC(=O)[C@@H]1CC=CC[C@@H]1C(=O)O)S(C)(=O)=O. The van der Waals surface area contributed by atoms with Gasteiger partial charge in [0.15, 0.2) is 9.84 Å². The summed E-state index contributed by atoms with van der Waals surface area (Å²) in [6, 6.07) is 0. The van der Waals surface area contributed by atoms with Gasteiger partial charge in [0.1, 0.15) is 0 Å². The van der Waals surface area contributed by atoms with Crippen LogP contribution in [0, 0.1) is 11.8 Å². The number of carbonyl (C=O) groups excluding carboxylic acids is 1. The molecule has 0 radical (unpaired) electrons. The number of aliphatic carboxylic acids is 1. The van der Waals surface area contributed by atoms with Crippen LogP contribution in [0.3, 0.4) is 0 Å². The Morgan fingerprint density at radius 2 is 1.75 bits per heavy atom. The van der Waals surface area contributed by atoms with Gasteiger partial charge in [-0.2, -0.15) is 0 Å². The fourth-order valence-corrected chi connectivity index (χ4v) is 2.27. The Morgan fingerprint density at radius 1 is 1.25 bits per heavy atom. The van der Waals surface area contributed by atoms with Crippen LogP contribution in [-0.4, -0.2) is 42.9 Å². The zero-order valence-electron chi connectivity index (χ0n) is 11.9. The number of rotatable bonds is 5. The van der Waals surface area contributed by atoms with E-state index in [2.05, 4.69) is 5.32 Å². The molecule has 2 N–H and O–H groups in total. The van der Waals surface area contributed by atoms with E-state index in [1.807, 2.05) is 0 Å². The molecular formula is C13H21NO5S. The quantitative estimate of drug-likeness (QED) is 0.724. The summed E-state index contributed by atoms with van der Waals surface area (Å²) in [5.41, 5.74) is 0. The van der Waals surface area contributed by atoms with Crippen LogP contribution >= 0.6 is 0 Å². The molecule has 0 aromatic rings. The van der Waals surface area contributed by atoms with E-state index >= 15 is 0 Å². The van der Waals surface area contributed by atoms with Crippen molar-refractivity contribution in [3.8, 4) is 0 Å². The zero-order valence-corrected chi connectivity index (χ0v) is 12.7. The van der Waals surface area contributed by atoms with Crippen molar-refractivity contribution < 1.29 is 23.1 Å². The minimum absolute atomic E-state index is 0.0305. The van der Waals surface area contributed by atoms with Crippen molar-refractivity contribution in [1.29, 1.82) is 0 Å². The number of hydrogen-bond donors (Lipinski definition) is 2. The van der Waals surface area contributed by atoms with Crippen molar-refractivity contribution in [3.05, 3.63) is 12.2 Å². The lowest BCUT2D eigenvalue weighted by atomic mass is 9.82. The maximum Gasteiger partial charge on any atom is 0.307 e. The largest absolute Gasteiger partial charge is 0.481 e. The lowest BCUT2D eigenvalue weighted by Gasteiger charge is -2.27. The summed E-state index contributed by atoms with van der Waals surface area (Å²) in [6.45, 7) is 3.02. The Labute approximate surface area is 119 Å². The summed E-state index contributed by atoms with van der Waals surface area (Å²) in [4.78, 5) is 23.2. The molecule has 0 bridgehead atoms. The van der Waals surface area contributed by atoms with Gasteiger partial charge >= 0.3 is 5.97 Å². The van der Waals surface area contributed by atoms with Crippen molar-refractivity contribution in [2.24, 2.45) is 11.8 Å². The zero-order chi connectivity index (χ0) is 15.6. The van der Waals surface area contributed by atoms with E-state index in [4.69, 9.17) is 5.11 Å². The van der Waals surface area contributed by atoms with Crippen molar-refractivity contribution in [2.75, 3.05) is 12.8 Å². The summed E-state index contributed by atoms with van der Waals surface area (Å²) < 4.78 is 22.0. The highest BCUT2D eigenvalue weighted by Crippen LogP contribution is 2.26. The lowest BCUT2D eigenvalue weighted by Crippen LogP contribution is -2.47. The number of carboxylic acid groups (broad SMARTS) is 1. The van der Waals surface area contributed by atoms with Crippen LogP contribution in [0.1, 0.15) is 26.7 Å². The van der Waals surface area contributed by atoms with Crippen LogP contribution in [0.2, 0.25) is 0 Å². The normalized spacial score (nSPS) is 23.4. The Balaban J connectivity index is 2.72. The second-order valence-electron chi connectivity index (χ2n) is 5.74. The van der Waals surface area contributed by atoms with Gasteiger partial charge in [-0.1, -0.05) is 12.2 Å². The minimum Gasteiger partial charge on any atom is -0.481 e. The van der Waals surface area contributed by atoms with Gasteiger partial charge in [-0.25, -0.2) is 8.42 Å². The third-order valence-electron chi connectivity index (χ3n) is 3.78. The number of nitrogens with one attached hydrogen (secondary N) is 1. The van der Waals surface area contributed by atoms with Gasteiger partial charge in [0.25, 0.3) is 0 Å². The first kappa shape index (κ1) is 16.7. The molecule has 0 aromatic heterocycles. The maximum atomic E-state index is 12.1. The molecule has 20 heavy (non-hydrogen) atoms. The van der Waals surface area contributed by atoms with Crippen molar-refractivity contribution in [1.82, 2.24) is 5.32 Å². The van der Waals surface area contributed by atoms with Crippen LogP contribution in [0.25, 0.3) is 0 Å². The Bertz CT molecular complexity index is 521. The highest BCUT2D eigenvalue weighted by molar-refractivity contribution is 7.92. The van der Waals surface area contributed by atoms with Crippen LogP contribution in [-0.2, 0) is 19.4 Å². The number of carboxylic acids is 1. The van der Waals surface area contributed by atoms with Crippen LogP contribution in [0.5, 0.6) is 0 Å². The second-order valence-corrected chi connectivity index (χ2v) is 8.39. The number of carbonyl (C=O) groups is 2. The number of hydrogen-bond acceptors (Lipinski definition) is 4. The third-order valence-corrected chi connectivity index (χ3v) is 5.93. The summed E-state index contributed by atoms with van der Waals surface area (Å²) in [5.74, 6) is -2.80. The highest BCUT2D eigenvalue weighted by Gasteiger charge is 2.36.